The molecule has 0 aromatic heterocycles. The Morgan fingerprint density at radius 2 is 1.61 bits per heavy atom. The molecule has 3 fully saturated rings. The van der Waals surface area contributed by atoms with Crippen LogP contribution in [0.1, 0.15) is 50.5 Å². The number of hydrogen-bond donors (Lipinski definition) is 1. The van der Waals surface area contributed by atoms with Crippen molar-refractivity contribution < 1.29 is 4.39 Å². The maximum absolute atomic E-state index is 14.0. The van der Waals surface area contributed by atoms with Gasteiger partial charge in [0.15, 0.2) is 0 Å². The molecule has 1 nitrogen and oxygen atoms in total. The van der Waals surface area contributed by atoms with Crippen LogP contribution in [0.2, 0.25) is 0 Å². The first kappa shape index (κ1) is 12.2. The first-order valence-corrected chi connectivity index (χ1v) is 7.15. The molecule has 1 aromatic rings. The minimum absolute atomic E-state index is 0.00859. The van der Waals surface area contributed by atoms with Gasteiger partial charge in [0.25, 0.3) is 0 Å². The van der Waals surface area contributed by atoms with Crippen LogP contribution in [0, 0.1) is 11.2 Å². The van der Waals surface area contributed by atoms with Gasteiger partial charge in [-0.3, -0.25) is 0 Å². The summed E-state index contributed by atoms with van der Waals surface area (Å²) in [6.07, 6.45) is 8.30. The lowest BCUT2D eigenvalue weighted by Gasteiger charge is -2.54. The summed E-state index contributed by atoms with van der Waals surface area (Å²) in [4.78, 5) is 0. The summed E-state index contributed by atoms with van der Waals surface area (Å²) in [6.45, 7) is 0.798. The molecule has 0 unspecified atom stereocenters. The lowest BCUT2D eigenvalue weighted by atomic mass is 9.51. The van der Waals surface area contributed by atoms with E-state index < -0.39 is 0 Å². The molecule has 98 valence electrons. The lowest BCUT2D eigenvalue weighted by Crippen LogP contribution is -2.45. The fourth-order valence-corrected chi connectivity index (χ4v) is 4.24. The summed E-state index contributed by atoms with van der Waals surface area (Å²) in [5.74, 6) is -0.00859. The van der Waals surface area contributed by atoms with Gasteiger partial charge >= 0.3 is 0 Å². The van der Waals surface area contributed by atoms with Crippen molar-refractivity contribution in [3.05, 3.63) is 35.6 Å². The van der Waals surface area contributed by atoms with E-state index in [1.165, 1.54) is 19.3 Å². The van der Waals surface area contributed by atoms with E-state index in [0.29, 0.717) is 5.41 Å². The van der Waals surface area contributed by atoms with Gasteiger partial charge in [-0.2, -0.15) is 0 Å². The molecule has 4 rings (SSSR count). The third-order valence-corrected chi connectivity index (χ3v) is 5.52. The lowest BCUT2D eigenvalue weighted by molar-refractivity contribution is 0.0329. The molecular formula is C16H22FN. The Bertz CT molecular complexity index is 416. The van der Waals surface area contributed by atoms with Crippen LogP contribution in [0.3, 0.4) is 0 Å². The Balaban J connectivity index is 1.87. The summed E-state index contributed by atoms with van der Waals surface area (Å²) in [5.41, 5.74) is 7.32. The Morgan fingerprint density at radius 3 is 2.17 bits per heavy atom. The van der Waals surface area contributed by atoms with Gasteiger partial charge < -0.3 is 5.73 Å². The highest BCUT2D eigenvalue weighted by atomic mass is 19.1. The highest BCUT2D eigenvalue weighted by Gasteiger charge is 2.49. The normalized spacial score (nSPS) is 34.8. The van der Waals surface area contributed by atoms with Crippen molar-refractivity contribution in [3.8, 4) is 0 Å². The molecular weight excluding hydrogens is 225 g/mol. The average Bonchev–Trinajstić information content (AvgIpc) is 2.41. The minimum atomic E-state index is -0.00859. The molecule has 3 saturated carbocycles. The van der Waals surface area contributed by atoms with Crippen LogP contribution < -0.4 is 5.73 Å². The number of nitrogens with two attached hydrogens (primary N) is 1. The number of fused-ring (bicyclic) bond motifs is 3. The average molecular weight is 247 g/mol. The molecule has 0 saturated heterocycles. The third-order valence-electron chi connectivity index (χ3n) is 5.52. The molecule has 0 heterocycles. The van der Waals surface area contributed by atoms with Gasteiger partial charge in [0.2, 0.25) is 0 Å². The first-order chi connectivity index (χ1) is 8.70. The van der Waals surface area contributed by atoms with Crippen LogP contribution in [0.25, 0.3) is 0 Å². The van der Waals surface area contributed by atoms with Gasteiger partial charge in [-0.15, -0.1) is 0 Å². The predicted octanol–water partition coefficient (Wildman–Crippen LogP) is 3.77. The van der Waals surface area contributed by atoms with Crippen molar-refractivity contribution in [2.45, 2.75) is 50.4 Å². The molecule has 3 aliphatic rings. The molecule has 0 aliphatic heterocycles. The zero-order valence-corrected chi connectivity index (χ0v) is 10.9. The quantitative estimate of drug-likeness (QED) is 0.864. The first-order valence-electron chi connectivity index (χ1n) is 7.15. The number of halogens is 1. The molecule has 2 N–H and O–H groups in total. The monoisotopic (exact) mass is 247 g/mol. The summed E-state index contributed by atoms with van der Waals surface area (Å²) >= 11 is 0. The third kappa shape index (κ3) is 1.78. The van der Waals surface area contributed by atoms with E-state index in [9.17, 15) is 4.39 Å². The molecule has 0 radical (unpaired) electrons. The van der Waals surface area contributed by atoms with Crippen LogP contribution in [-0.4, -0.2) is 6.54 Å². The summed E-state index contributed by atoms with van der Waals surface area (Å²) in [6, 6.07) is 7.38. The van der Waals surface area contributed by atoms with Crippen molar-refractivity contribution >= 4 is 0 Å². The zero-order chi connectivity index (χ0) is 12.6. The van der Waals surface area contributed by atoms with E-state index in [1.807, 2.05) is 12.1 Å². The van der Waals surface area contributed by atoms with E-state index in [1.54, 1.807) is 12.1 Å². The molecule has 3 aliphatic carbocycles. The van der Waals surface area contributed by atoms with E-state index >= 15 is 0 Å². The summed E-state index contributed by atoms with van der Waals surface area (Å²) in [7, 11) is 0. The van der Waals surface area contributed by atoms with Crippen molar-refractivity contribution in [3.63, 3.8) is 0 Å². The molecule has 1 aromatic carbocycles. The van der Waals surface area contributed by atoms with Gasteiger partial charge in [-0.1, -0.05) is 18.2 Å². The van der Waals surface area contributed by atoms with E-state index in [2.05, 4.69) is 0 Å². The second kappa shape index (κ2) is 4.34. The molecule has 0 spiro atoms. The number of rotatable bonds is 3. The van der Waals surface area contributed by atoms with Gasteiger partial charge in [0.1, 0.15) is 5.82 Å². The number of benzene rings is 1. The molecule has 0 amide bonds. The SMILES string of the molecule is NCCC12CCC(c3ccccc3F)(CC1)CC2. The maximum atomic E-state index is 14.0. The Morgan fingerprint density at radius 1 is 1.00 bits per heavy atom. The zero-order valence-electron chi connectivity index (χ0n) is 10.9. The van der Waals surface area contributed by atoms with Gasteiger partial charge in [-0.25, -0.2) is 4.39 Å². The van der Waals surface area contributed by atoms with E-state index in [0.717, 1.165) is 37.8 Å². The smallest absolute Gasteiger partial charge is 0.126 e. The predicted molar refractivity (Wildman–Crippen MR) is 71.9 cm³/mol. The molecule has 0 atom stereocenters. The minimum Gasteiger partial charge on any atom is -0.330 e. The Hall–Kier alpha value is -0.890. The van der Waals surface area contributed by atoms with Crippen LogP contribution in [0.5, 0.6) is 0 Å². The molecule has 18 heavy (non-hydrogen) atoms. The van der Waals surface area contributed by atoms with E-state index in [4.69, 9.17) is 5.73 Å². The molecule has 2 heteroatoms. The highest BCUT2D eigenvalue weighted by Crippen LogP contribution is 2.59. The van der Waals surface area contributed by atoms with Crippen LogP contribution >= 0.6 is 0 Å². The van der Waals surface area contributed by atoms with Gasteiger partial charge in [0, 0.05) is 0 Å². The standard InChI is InChI=1S/C16H22FN/c17-14-4-2-1-3-13(14)16-8-5-15(6-9-16,7-10-16)11-12-18/h1-4H,5-12,18H2. The van der Waals surface area contributed by atoms with Crippen molar-refractivity contribution in [1.82, 2.24) is 0 Å². The van der Waals surface area contributed by atoms with Gasteiger partial charge in [0.05, 0.1) is 0 Å². The fraction of sp³-hybridized carbons (Fsp3) is 0.625. The summed E-state index contributed by atoms with van der Waals surface area (Å²) in [5, 5.41) is 0. The topological polar surface area (TPSA) is 26.0 Å². The van der Waals surface area contributed by atoms with Crippen LogP contribution in [0.15, 0.2) is 24.3 Å². The highest BCUT2D eigenvalue weighted by molar-refractivity contribution is 5.29. The van der Waals surface area contributed by atoms with Crippen molar-refractivity contribution in [2.24, 2.45) is 11.1 Å². The maximum Gasteiger partial charge on any atom is 0.126 e. The van der Waals surface area contributed by atoms with E-state index in [-0.39, 0.29) is 11.2 Å². The Kier molecular flexibility index (Phi) is 2.93. The largest absolute Gasteiger partial charge is 0.330 e. The van der Waals surface area contributed by atoms with Crippen LogP contribution in [0.4, 0.5) is 4.39 Å². The fourth-order valence-electron chi connectivity index (χ4n) is 4.24. The number of hydrogen-bond acceptors (Lipinski definition) is 1. The van der Waals surface area contributed by atoms with Crippen molar-refractivity contribution in [1.29, 1.82) is 0 Å². The summed E-state index contributed by atoms with van der Waals surface area (Å²) < 4.78 is 14.0. The second-order valence-corrected chi connectivity index (χ2v) is 6.30. The Labute approximate surface area is 109 Å². The van der Waals surface area contributed by atoms with Crippen molar-refractivity contribution in [2.75, 3.05) is 6.54 Å². The van der Waals surface area contributed by atoms with Gasteiger partial charge in [-0.05, 0) is 74.0 Å². The molecule has 2 bridgehead atoms. The van der Waals surface area contributed by atoms with Crippen LogP contribution in [-0.2, 0) is 5.41 Å². The second-order valence-electron chi connectivity index (χ2n) is 6.30.